The maximum atomic E-state index is 13.0. The molecule has 1 unspecified atom stereocenters. The first-order valence-corrected chi connectivity index (χ1v) is 13.8. The molecule has 10 heteroatoms. The van der Waals surface area contributed by atoms with Gasteiger partial charge in [-0.2, -0.15) is 4.98 Å². The van der Waals surface area contributed by atoms with E-state index in [1.165, 1.54) is 11.9 Å². The van der Waals surface area contributed by atoms with E-state index < -0.39 is 5.60 Å². The zero-order chi connectivity index (χ0) is 28.1. The molecule has 40 heavy (non-hydrogen) atoms. The minimum absolute atomic E-state index is 0.290. The third-order valence-corrected chi connectivity index (χ3v) is 7.61. The molecule has 1 saturated heterocycles. The van der Waals surface area contributed by atoms with Gasteiger partial charge in [0, 0.05) is 43.2 Å². The lowest BCUT2D eigenvalue weighted by Crippen LogP contribution is -2.41. The minimum atomic E-state index is -1.09. The van der Waals surface area contributed by atoms with Crippen LogP contribution in [0.15, 0.2) is 60.8 Å². The molecule has 10 nitrogen and oxygen atoms in total. The molecule has 5 rings (SSSR count). The fourth-order valence-electron chi connectivity index (χ4n) is 5.09. The van der Waals surface area contributed by atoms with Crippen LogP contribution in [0.5, 0.6) is 0 Å². The number of piperidine rings is 1. The van der Waals surface area contributed by atoms with Crippen LogP contribution in [0.1, 0.15) is 48.7 Å². The number of fused-ring (bicyclic) bond motifs is 3. The highest BCUT2D eigenvalue weighted by molar-refractivity contribution is 5.99. The lowest BCUT2D eigenvalue weighted by molar-refractivity contribution is 0.0444. The Morgan fingerprint density at radius 2 is 1.85 bits per heavy atom. The lowest BCUT2D eigenvalue weighted by Gasteiger charge is -2.36. The Bertz CT molecular complexity index is 1350. The van der Waals surface area contributed by atoms with Crippen LogP contribution < -0.4 is 20.9 Å². The highest BCUT2D eigenvalue weighted by atomic mass is 16.3. The van der Waals surface area contributed by atoms with Gasteiger partial charge in [0.25, 0.3) is 5.91 Å². The van der Waals surface area contributed by atoms with Crippen LogP contribution in [0, 0.1) is 0 Å². The smallest absolute Gasteiger partial charge is 0.256 e. The van der Waals surface area contributed by atoms with Gasteiger partial charge in [-0.25, -0.2) is 9.97 Å². The predicted molar refractivity (Wildman–Crippen MR) is 158 cm³/mol. The number of hydrogen-bond donors (Lipinski definition) is 4. The fourth-order valence-corrected chi connectivity index (χ4v) is 5.09. The zero-order valence-electron chi connectivity index (χ0n) is 23.4. The minimum Gasteiger partial charge on any atom is -0.384 e. The normalized spacial score (nSPS) is 21.1. The average molecular weight is 543 g/mol. The van der Waals surface area contributed by atoms with Crippen LogP contribution in [0.2, 0.25) is 0 Å². The third kappa shape index (κ3) is 6.57. The molecule has 2 aliphatic rings. The molecular formula is C30H38N8O2. The summed E-state index contributed by atoms with van der Waals surface area (Å²) < 4.78 is 0. The molecule has 2 aromatic heterocycles. The van der Waals surface area contributed by atoms with Crippen molar-refractivity contribution in [1.82, 2.24) is 25.2 Å². The Morgan fingerprint density at radius 1 is 1.07 bits per heavy atom. The fraction of sp³-hybridized carbons (Fsp3) is 0.400. The number of pyridine rings is 1. The number of nitrogens with one attached hydrogen (secondary N) is 3. The van der Waals surface area contributed by atoms with Gasteiger partial charge < -0.3 is 30.9 Å². The number of amides is 1. The second kappa shape index (κ2) is 12.0. The van der Waals surface area contributed by atoms with Crippen LogP contribution in [0.3, 0.4) is 0 Å². The highest BCUT2D eigenvalue weighted by Gasteiger charge is 2.25. The molecule has 1 aromatic carbocycles. The number of rotatable bonds is 4. The molecule has 2 aliphatic heterocycles. The van der Waals surface area contributed by atoms with Crippen LogP contribution in [-0.2, 0) is 5.60 Å². The van der Waals surface area contributed by atoms with Crippen molar-refractivity contribution in [1.29, 1.82) is 0 Å². The number of carbonyl (C=O) groups excluding carboxylic acids is 1. The number of anilines is 5. The largest absolute Gasteiger partial charge is 0.384 e. The summed E-state index contributed by atoms with van der Waals surface area (Å²) in [6.45, 7) is 4.20. The number of carbonyl (C=O) groups is 1. The van der Waals surface area contributed by atoms with Crippen molar-refractivity contribution in [3.8, 4) is 0 Å². The van der Waals surface area contributed by atoms with E-state index in [1.807, 2.05) is 30.4 Å². The SMILES string of the molecule is CN(C)C1CCN(c2ccc(Nc3ncc4c(n3)Nc3cccc(n3)C(C)(O)CC/C=C\CNC4=O)cc2)CC1. The van der Waals surface area contributed by atoms with Gasteiger partial charge in [-0.3, -0.25) is 4.79 Å². The van der Waals surface area contributed by atoms with E-state index in [0.717, 1.165) is 31.6 Å². The van der Waals surface area contributed by atoms with Crippen LogP contribution in [0.25, 0.3) is 0 Å². The summed E-state index contributed by atoms with van der Waals surface area (Å²) in [6.07, 6.45) is 8.81. The predicted octanol–water partition coefficient (Wildman–Crippen LogP) is 4.18. The number of aromatic nitrogens is 3. The standard InChI is InChI=1S/C30H38N8O2/c1-30(40)16-5-4-6-17-31-28(39)24-20-32-29(36-27(24)35-26-9-7-8-25(30)34-26)33-21-10-12-23(13-11-21)38-18-14-22(15-19-38)37(2)3/h4,6-13,20,22,40H,5,14-19H2,1-3H3,(H,31,39)(H2,32,33,34,35,36)/b6-4-. The van der Waals surface area contributed by atoms with Crippen molar-refractivity contribution in [2.24, 2.45) is 0 Å². The quantitative estimate of drug-likeness (QED) is 0.360. The van der Waals surface area contributed by atoms with Gasteiger partial charge in [0.05, 0.1) is 5.69 Å². The number of aliphatic hydroxyl groups is 1. The summed E-state index contributed by atoms with van der Waals surface area (Å²) in [5.41, 5.74) is 1.80. The van der Waals surface area contributed by atoms with E-state index in [-0.39, 0.29) is 5.91 Å². The maximum absolute atomic E-state index is 13.0. The Labute approximate surface area is 235 Å². The summed E-state index contributed by atoms with van der Waals surface area (Å²) in [5, 5.41) is 20.3. The van der Waals surface area contributed by atoms with Crippen molar-refractivity contribution < 1.29 is 9.90 Å². The van der Waals surface area contributed by atoms with Crippen molar-refractivity contribution in [3.05, 3.63) is 72.1 Å². The van der Waals surface area contributed by atoms with E-state index >= 15 is 0 Å². The number of nitrogens with zero attached hydrogens (tertiary/aromatic N) is 5. The van der Waals surface area contributed by atoms with Crippen molar-refractivity contribution in [2.45, 2.75) is 44.2 Å². The molecule has 0 radical (unpaired) electrons. The van der Waals surface area contributed by atoms with Crippen molar-refractivity contribution in [2.75, 3.05) is 49.3 Å². The van der Waals surface area contributed by atoms with E-state index in [0.29, 0.717) is 54.3 Å². The van der Waals surface area contributed by atoms with Gasteiger partial charge in [-0.05, 0) is 83.1 Å². The first-order chi connectivity index (χ1) is 19.3. The Balaban J connectivity index is 1.36. The molecule has 1 fully saturated rings. The third-order valence-electron chi connectivity index (χ3n) is 7.61. The number of benzene rings is 1. The topological polar surface area (TPSA) is 119 Å². The Kier molecular flexibility index (Phi) is 8.27. The summed E-state index contributed by atoms with van der Waals surface area (Å²) in [5.74, 6) is 0.858. The van der Waals surface area contributed by atoms with Crippen molar-refractivity contribution in [3.63, 3.8) is 0 Å². The molecular weight excluding hydrogens is 504 g/mol. The molecule has 1 amide bonds. The van der Waals surface area contributed by atoms with Crippen LogP contribution in [0.4, 0.5) is 29.0 Å². The number of allylic oxidation sites excluding steroid dienone is 1. The van der Waals surface area contributed by atoms with E-state index in [1.54, 1.807) is 19.1 Å². The Hall–Kier alpha value is -4.02. The second-order valence-corrected chi connectivity index (χ2v) is 10.8. The molecule has 1 atom stereocenters. The molecule has 4 heterocycles. The maximum Gasteiger partial charge on any atom is 0.256 e. The highest BCUT2D eigenvalue weighted by Crippen LogP contribution is 2.28. The van der Waals surface area contributed by atoms with Gasteiger partial charge in [0.1, 0.15) is 22.8 Å². The van der Waals surface area contributed by atoms with Crippen LogP contribution >= 0.6 is 0 Å². The summed E-state index contributed by atoms with van der Waals surface area (Å²) in [4.78, 5) is 31.4. The Morgan fingerprint density at radius 3 is 2.60 bits per heavy atom. The average Bonchev–Trinajstić information content (AvgIpc) is 2.95. The molecule has 210 valence electrons. The molecule has 4 N–H and O–H groups in total. The van der Waals surface area contributed by atoms with Gasteiger partial charge >= 0.3 is 0 Å². The summed E-state index contributed by atoms with van der Waals surface area (Å²) >= 11 is 0. The van der Waals surface area contributed by atoms with Gasteiger partial charge in [0.15, 0.2) is 0 Å². The zero-order valence-corrected chi connectivity index (χ0v) is 23.4. The van der Waals surface area contributed by atoms with Gasteiger partial charge in [-0.15, -0.1) is 0 Å². The van der Waals surface area contributed by atoms with Crippen molar-refractivity contribution >= 4 is 34.9 Å². The summed E-state index contributed by atoms with van der Waals surface area (Å²) in [6, 6.07) is 14.3. The molecule has 3 aromatic rings. The van der Waals surface area contributed by atoms with Gasteiger partial charge in [-0.1, -0.05) is 18.2 Å². The number of hydrogen-bond acceptors (Lipinski definition) is 9. The van der Waals surface area contributed by atoms with Crippen LogP contribution in [-0.4, -0.2) is 70.6 Å². The van der Waals surface area contributed by atoms with E-state index in [9.17, 15) is 9.90 Å². The summed E-state index contributed by atoms with van der Waals surface area (Å²) in [7, 11) is 4.30. The second-order valence-electron chi connectivity index (χ2n) is 10.8. The van der Waals surface area contributed by atoms with E-state index in [4.69, 9.17) is 0 Å². The monoisotopic (exact) mass is 542 g/mol. The molecule has 2 bridgehead atoms. The molecule has 0 spiro atoms. The molecule has 0 aliphatic carbocycles. The first-order valence-electron chi connectivity index (χ1n) is 13.8. The molecule has 0 saturated carbocycles. The first kappa shape index (κ1) is 27.5. The van der Waals surface area contributed by atoms with Gasteiger partial charge in [0.2, 0.25) is 5.95 Å². The van der Waals surface area contributed by atoms with E-state index in [2.05, 4.69) is 66.9 Å². The lowest BCUT2D eigenvalue weighted by atomic mass is 9.95.